The smallest absolute Gasteiger partial charge is 0.231 e. The van der Waals surface area contributed by atoms with Crippen LogP contribution in [0.2, 0.25) is 0 Å². The molecule has 2 rings (SSSR count). The average Bonchev–Trinajstić information content (AvgIpc) is 2.99. The standard InChI is InChI=1S/C16H29N3O2/c1-5-13(12(3)17-6-2)14-18-15(19-21-14)16(20-4)10-8-7-9-11-16/h12-13,17H,5-11H2,1-4H3. The number of hydrogen-bond donors (Lipinski definition) is 1. The molecule has 21 heavy (non-hydrogen) atoms. The molecular formula is C16H29N3O2. The minimum Gasteiger partial charge on any atom is -0.370 e. The van der Waals surface area contributed by atoms with E-state index in [4.69, 9.17) is 14.2 Å². The summed E-state index contributed by atoms with van der Waals surface area (Å²) in [5, 5.41) is 7.70. The fourth-order valence-corrected chi connectivity index (χ4v) is 3.42. The molecule has 1 fully saturated rings. The summed E-state index contributed by atoms with van der Waals surface area (Å²) < 4.78 is 11.4. The monoisotopic (exact) mass is 295 g/mol. The maximum absolute atomic E-state index is 5.80. The Morgan fingerprint density at radius 3 is 2.57 bits per heavy atom. The second kappa shape index (κ2) is 7.36. The van der Waals surface area contributed by atoms with E-state index in [0.29, 0.717) is 6.04 Å². The van der Waals surface area contributed by atoms with E-state index in [2.05, 4.69) is 31.2 Å². The van der Waals surface area contributed by atoms with Crippen LogP contribution in [0.3, 0.4) is 0 Å². The molecule has 1 N–H and O–H groups in total. The van der Waals surface area contributed by atoms with Crippen molar-refractivity contribution in [2.45, 2.75) is 76.9 Å². The molecule has 1 aromatic rings. The predicted octanol–water partition coefficient (Wildman–Crippen LogP) is 3.37. The molecule has 1 aliphatic carbocycles. The fourth-order valence-electron chi connectivity index (χ4n) is 3.42. The van der Waals surface area contributed by atoms with E-state index in [-0.39, 0.29) is 11.5 Å². The number of nitrogens with one attached hydrogen (secondary N) is 1. The number of hydrogen-bond acceptors (Lipinski definition) is 5. The van der Waals surface area contributed by atoms with Gasteiger partial charge in [0.25, 0.3) is 0 Å². The van der Waals surface area contributed by atoms with Gasteiger partial charge < -0.3 is 14.6 Å². The van der Waals surface area contributed by atoms with Gasteiger partial charge in [-0.1, -0.05) is 38.3 Å². The van der Waals surface area contributed by atoms with E-state index in [1.54, 1.807) is 7.11 Å². The van der Waals surface area contributed by atoms with Crippen LogP contribution < -0.4 is 5.32 Å². The van der Waals surface area contributed by atoms with Crippen molar-refractivity contribution in [1.82, 2.24) is 15.5 Å². The molecule has 1 saturated carbocycles. The van der Waals surface area contributed by atoms with E-state index >= 15 is 0 Å². The lowest BCUT2D eigenvalue weighted by Crippen LogP contribution is -2.33. The number of aromatic nitrogens is 2. The Morgan fingerprint density at radius 1 is 1.29 bits per heavy atom. The van der Waals surface area contributed by atoms with Crippen molar-refractivity contribution in [3.63, 3.8) is 0 Å². The zero-order chi connectivity index (χ0) is 15.3. The van der Waals surface area contributed by atoms with Crippen LogP contribution in [0.5, 0.6) is 0 Å². The van der Waals surface area contributed by atoms with Gasteiger partial charge in [0.1, 0.15) is 5.60 Å². The van der Waals surface area contributed by atoms with Gasteiger partial charge in [-0.15, -0.1) is 0 Å². The summed E-state index contributed by atoms with van der Waals surface area (Å²) in [6.45, 7) is 7.40. The van der Waals surface area contributed by atoms with Crippen LogP contribution in [0.1, 0.15) is 76.9 Å². The van der Waals surface area contributed by atoms with Gasteiger partial charge in [-0.05, 0) is 32.7 Å². The van der Waals surface area contributed by atoms with Crippen molar-refractivity contribution < 1.29 is 9.26 Å². The minimum atomic E-state index is -0.334. The molecule has 0 aromatic carbocycles. The molecule has 1 aliphatic rings. The lowest BCUT2D eigenvalue weighted by atomic mass is 9.84. The number of methoxy groups -OCH3 is 1. The van der Waals surface area contributed by atoms with Gasteiger partial charge in [-0.2, -0.15) is 4.98 Å². The Bertz CT molecular complexity index is 427. The van der Waals surface area contributed by atoms with Crippen molar-refractivity contribution >= 4 is 0 Å². The predicted molar refractivity (Wildman–Crippen MR) is 82.2 cm³/mol. The highest BCUT2D eigenvalue weighted by Crippen LogP contribution is 2.39. The van der Waals surface area contributed by atoms with E-state index in [1.165, 1.54) is 19.3 Å². The second-order valence-corrected chi connectivity index (χ2v) is 6.08. The molecule has 0 radical (unpaired) electrons. The van der Waals surface area contributed by atoms with Gasteiger partial charge in [0.15, 0.2) is 0 Å². The first kappa shape index (κ1) is 16.4. The summed E-state index contributed by atoms with van der Waals surface area (Å²) >= 11 is 0. The molecule has 1 heterocycles. The van der Waals surface area contributed by atoms with Crippen LogP contribution in [0.4, 0.5) is 0 Å². The maximum Gasteiger partial charge on any atom is 0.231 e. The van der Waals surface area contributed by atoms with Crippen molar-refractivity contribution in [2.75, 3.05) is 13.7 Å². The molecule has 0 spiro atoms. The average molecular weight is 295 g/mol. The normalized spacial score (nSPS) is 21.1. The molecule has 2 atom stereocenters. The van der Waals surface area contributed by atoms with E-state index < -0.39 is 0 Å². The van der Waals surface area contributed by atoms with Gasteiger partial charge in [0, 0.05) is 13.2 Å². The molecule has 120 valence electrons. The largest absolute Gasteiger partial charge is 0.370 e. The molecule has 0 aliphatic heterocycles. The topological polar surface area (TPSA) is 60.2 Å². The van der Waals surface area contributed by atoms with Crippen LogP contribution in [0.15, 0.2) is 4.52 Å². The number of ether oxygens (including phenoxy) is 1. The molecule has 0 amide bonds. The molecule has 0 bridgehead atoms. The second-order valence-electron chi connectivity index (χ2n) is 6.08. The SMILES string of the molecule is CCNC(C)C(CC)c1nc(C2(OC)CCCCC2)no1. The molecule has 2 unspecified atom stereocenters. The van der Waals surface area contributed by atoms with Crippen molar-refractivity contribution in [1.29, 1.82) is 0 Å². The van der Waals surface area contributed by atoms with Crippen LogP contribution in [0, 0.1) is 0 Å². The van der Waals surface area contributed by atoms with Crippen LogP contribution >= 0.6 is 0 Å². The van der Waals surface area contributed by atoms with Crippen LogP contribution in [-0.2, 0) is 10.3 Å². The zero-order valence-electron chi connectivity index (χ0n) is 13.8. The summed E-state index contributed by atoms with van der Waals surface area (Å²) in [5.41, 5.74) is -0.334. The maximum atomic E-state index is 5.80. The van der Waals surface area contributed by atoms with Crippen molar-refractivity contribution in [2.24, 2.45) is 0 Å². The van der Waals surface area contributed by atoms with Gasteiger partial charge in [-0.25, -0.2) is 0 Å². The lowest BCUT2D eigenvalue weighted by molar-refractivity contribution is -0.0527. The summed E-state index contributed by atoms with van der Waals surface area (Å²) in [4.78, 5) is 4.71. The van der Waals surface area contributed by atoms with Gasteiger partial charge >= 0.3 is 0 Å². The molecule has 5 heteroatoms. The number of rotatable bonds is 7. The van der Waals surface area contributed by atoms with E-state index in [0.717, 1.165) is 37.5 Å². The Labute approximate surface area is 127 Å². The van der Waals surface area contributed by atoms with Gasteiger partial charge in [0.2, 0.25) is 11.7 Å². The molecule has 0 saturated heterocycles. The van der Waals surface area contributed by atoms with Crippen molar-refractivity contribution in [3.8, 4) is 0 Å². The highest BCUT2D eigenvalue weighted by molar-refractivity contribution is 5.06. The Balaban J connectivity index is 2.19. The summed E-state index contributed by atoms with van der Waals surface area (Å²) in [5.74, 6) is 1.73. The molecular weight excluding hydrogens is 266 g/mol. The number of nitrogens with zero attached hydrogens (tertiary/aromatic N) is 2. The van der Waals surface area contributed by atoms with Crippen LogP contribution in [-0.4, -0.2) is 29.8 Å². The first-order valence-electron chi connectivity index (χ1n) is 8.29. The fraction of sp³-hybridized carbons (Fsp3) is 0.875. The van der Waals surface area contributed by atoms with Crippen molar-refractivity contribution in [3.05, 3.63) is 11.7 Å². The first-order valence-corrected chi connectivity index (χ1v) is 8.29. The molecule has 1 aromatic heterocycles. The Kier molecular flexibility index (Phi) is 5.76. The quantitative estimate of drug-likeness (QED) is 0.835. The van der Waals surface area contributed by atoms with E-state index in [9.17, 15) is 0 Å². The summed E-state index contributed by atoms with van der Waals surface area (Å²) in [6.07, 6.45) is 6.57. The highest BCUT2D eigenvalue weighted by atomic mass is 16.5. The third kappa shape index (κ3) is 3.46. The van der Waals surface area contributed by atoms with Gasteiger partial charge in [0.05, 0.1) is 5.92 Å². The highest BCUT2D eigenvalue weighted by Gasteiger charge is 2.39. The van der Waals surface area contributed by atoms with E-state index in [1.807, 2.05) is 0 Å². The third-order valence-electron chi connectivity index (χ3n) is 4.79. The summed E-state index contributed by atoms with van der Waals surface area (Å²) in [7, 11) is 1.76. The Hall–Kier alpha value is -0.940. The molecule has 5 nitrogen and oxygen atoms in total. The summed E-state index contributed by atoms with van der Waals surface area (Å²) in [6, 6.07) is 0.332. The first-order chi connectivity index (χ1) is 10.2. The van der Waals surface area contributed by atoms with Crippen LogP contribution in [0.25, 0.3) is 0 Å². The third-order valence-corrected chi connectivity index (χ3v) is 4.79. The zero-order valence-corrected chi connectivity index (χ0v) is 13.8. The Morgan fingerprint density at radius 2 is 2.00 bits per heavy atom. The van der Waals surface area contributed by atoms with Gasteiger partial charge in [-0.3, -0.25) is 0 Å². The minimum absolute atomic E-state index is 0.253. The number of likely N-dealkylation sites (N-methyl/N-ethyl adjacent to an activating group) is 1. The lowest BCUT2D eigenvalue weighted by Gasteiger charge is -2.32.